The second kappa shape index (κ2) is 7.62. The van der Waals surface area contributed by atoms with Gasteiger partial charge in [-0.05, 0) is 30.5 Å². The van der Waals surface area contributed by atoms with E-state index in [9.17, 15) is 14.0 Å². The first-order chi connectivity index (χ1) is 9.47. The smallest absolute Gasteiger partial charge is 0.323 e. The van der Waals surface area contributed by atoms with Crippen molar-refractivity contribution in [3.05, 3.63) is 35.6 Å². The number of amides is 1. The van der Waals surface area contributed by atoms with E-state index in [0.29, 0.717) is 18.4 Å². The fourth-order valence-electron chi connectivity index (χ4n) is 2.08. The summed E-state index contributed by atoms with van der Waals surface area (Å²) < 4.78 is 12.9. The minimum Gasteiger partial charge on any atom is -0.480 e. The van der Waals surface area contributed by atoms with Crippen LogP contribution >= 0.6 is 0 Å². The molecule has 1 amide bonds. The summed E-state index contributed by atoms with van der Waals surface area (Å²) in [5, 5.41) is 8.93. The normalized spacial score (nSPS) is 10.6. The maximum atomic E-state index is 12.9. The largest absolute Gasteiger partial charge is 0.480 e. The van der Waals surface area contributed by atoms with Crippen LogP contribution in [-0.2, 0) is 16.1 Å². The van der Waals surface area contributed by atoms with Crippen molar-refractivity contribution < 1.29 is 19.1 Å². The molecular formula is C15H20FNO3. The SMILES string of the molecule is CCC(CC)C(=O)N(CC(=O)O)Cc1ccc(F)cc1. The van der Waals surface area contributed by atoms with Crippen LogP contribution in [0.1, 0.15) is 32.3 Å². The number of carbonyl (C=O) groups is 2. The number of hydrogen-bond acceptors (Lipinski definition) is 2. The van der Waals surface area contributed by atoms with Crippen molar-refractivity contribution >= 4 is 11.9 Å². The first-order valence-corrected chi connectivity index (χ1v) is 6.72. The van der Waals surface area contributed by atoms with Crippen molar-refractivity contribution in [2.45, 2.75) is 33.2 Å². The van der Waals surface area contributed by atoms with Crippen LogP contribution in [-0.4, -0.2) is 28.4 Å². The molecule has 4 nitrogen and oxygen atoms in total. The van der Waals surface area contributed by atoms with Crippen molar-refractivity contribution in [1.82, 2.24) is 4.90 Å². The van der Waals surface area contributed by atoms with Crippen molar-refractivity contribution in [3.63, 3.8) is 0 Å². The Morgan fingerprint density at radius 3 is 2.20 bits per heavy atom. The van der Waals surface area contributed by atoms with E-state index in [4.69, 9.17) is 5.11 Å². The summed E-state index contributed by atoms with van der Waals surface area (Å²) in [7, 11) is 0. The highest BCUT2D eigenvalue weighted by Gasteiger charge is 2.23. The van der Waals surface area contributed by atoms with Crippen molar-refractivity contribution in [1.29, 1.82) is 0 Å². The second-order valence-electron chi connectivity index (χ2n) is 4.73. The molecule has 0 radical (unpaired) electrons. The molecule has 0 aliphatic rings. The van der Waals surface area contributed by atoms with Crippen molar-refractivity contribution in [2.75, 3.05) is 6.54 Å². The lowest BCUT2D eigenvalue weighted by atomic mass is 10.0. The molecule has 5 heteroatoms. The predicted molar refractivity (Wildman–Crippen MR) is 73.5 cm³/mol. The molecule has 0 fully saturated rings. The Kier molecular flexibility index (Phi) is 6.15. The molecule has 110 valence electrons. The summed E-state index contributed by atoms with van der Waals surface area (Å²) in [6.07, 6.45) is 1.35. The van der Waals surface area contributed by atoms with Crippen LogP contribution in [0.15, 0.2) is 24.3 Å². The highest BCUT2D eigenvalue weighted by Crippen LogP contribution is 2.15. The average Bonchev–Trinajstić information content (AvgIpc) is 2.41. The number of aliphatic carboxylic acids is 1. The maximum absolute atomic E-state index is 12.9. The molecule has 0 aliphatic heterocycles. The van der Waals surface area contributed by atoms with Gasteiger partial charge in [-0.1, -0.05) is 26.0 Å². The summed E-state index contributed by atoms with van der Waals surface area (Å²) in [6, 6.07) is 5.72. The van der Waals surface area contributed by atoms with Gasteiger partial charge in [0.05, 0.1) is 0 Å². The molecule has 20 heavy (non-hydrogen) atoms. The molecule has 0 unspecified atom stereocenters. The number of hydrogen-bond donors (Lipinski definition) is 1. The molecular weight excluding hydrogens is 261 g/mol. The molecule has 0 saturated heterocycles. The molecule has 0 saturated carbocycles. The Balaban J connectivity index is 2.85. The fraction of sp³-hybridized carbons (Fsp3) is 0.467. The van der Waals surface area contributed by atoms with Gasteiger partial charge in [-0.3, -0.25) is 9.59 Å². The van der Waals surface area contributed by atoms with Crippen LogP contribution in [0.3, 0.4) is 0 Å². The Labute approximate surface area is 118 Å². The van der Waals surface area contributed by atoms with Gasteiger partial charge in [-0.2, -0.15) is 0 Å². The van der Waals surface area contributed by atoms with Gasteiger partial charge in [-0.25, -0.2) is 4.39 Å². The number of halogens is 1. The summed E-state index contributed by atoms with van der Waals surface area (Å²) in [6.45, 7) is 3.65. The van der Waals surface area contributed by atoms with E-state index in [1.807, 2.05) is 13.8 Å². The van der Waals surface area contributed by atoms with Crippen LogP contribution < -0.4 is 0 Å². The molecule has 0 aromatic heterocycles. The Morgan fingerprint density at radius 1 is 1.20 bits per heavy atom. The Hall–Kier alpha value is -1.91. The van der Waals surface area contributed by atoms with E-state index in [0.717, 1.165) is 0 Å². The Bertz CT molecular complexity index is 455. The van der Waals surface area contributed by atoms with E-state index >= 15 is 0 Å². The maximum Gasteiger partial charge on any atom is 0.323 e. The van der Waals surface area contributed by atoms with Crippen molar-refractivity contribution in [2.24, 2.45) is 5.92 Å². The van der Waals surface area contributed by atoms with Crippen LogP contribution in [0.5, 0.6) is 0 Å². The molecule has 0 spiro atoms. The summed E-state index contributed by atoms with van der Waals surface area (Å²) >= 11 is 0. The number of benzene rings is 1. The van der Waals surface area contributed by atoms with Gasteiger partial charge >= 0.3 is 5.97 Å². The number of carboxylic acid groups (broad SMARTS) is 1. The third-order valence-corrected chi connectivity index (χ3v) is 3.26. The number of nitrogens with zero attached hydrogens (tertiary/aromatic N) is 1. The highest BCUT2D eigenvalue weighted by molar-refractivity contribution is 5.83. The number of carbonyl (C=O) groups excluding carboxylic acids is 1. The standard InChI is InChI=1S/C15H20FNO3/c1-3-12(4-2)15(20)17(10-14(18)19)9-11-5-7-13(16)8-6-11/h5-8,12H,3-4,9-10H2,1-2H3,(H,18,19). The molecule has 0 heterocycles. The van der Waals surface area contributed by atoms with Crippen LogP contribution in [0.4, 0.5) is 4.39 Å². The molecule has 1 rings (SSSR count). The van der Waals surface area contributed by atoms with Gasteiger partial charge in [-0.15, -0.1) is 0 Å². The average molecular weight is 281 g/mol. The van der Waals surface area contributed by atoms with E-state index in [1.165, 1.54) is 17.0 Å². The quantitative estimate of drug-likeness (QED) is 0.836. The van der Waals surface area contributed by atoms with Crippen LogP contribution in [0, 0.1) is 11.7 Å². The molecule has 0 atom stereocenters. The topological polar surface area (TPSA) is 57.6 Å². The number of carboxylic acids is 1. The minimum absolute atomic E-state index is 0.165. The monoisotopic (exact) mass is 281 g/mol. The molecule has 0 aliphatic carbocycles. The summed E-state index contributed by atoms with van der Waals surface area (Å²) in [4.78, 5) is 24.5. The van der Waals surface area contributed by atoms with E-state index in [1.54, 1.807) is 12.1 Å². The van der Waals surface area contributed by atoms with E-state index in [2.05, 4.69) is 0 Å². The van der Waals surface area contributed by atoms with E-state index in [-0.39, 0.29) is 30.7 Å². The third kappa shape index (κ3) is 4.64. The predicted octanol–water partition coefficient (Wildman–Crippen LogP) is 2.68. The molecule has 1 aromatic rings. The zero-order chi connectivity index (χ0) is 15.1. The highest BCUT2D eigenvalue weighted by atomic mass is 19.1. The Morgan fingerprint density at radius 2 is 1.75 bits per heavy atom. The number of rotatable bonds is 7. The third-order valence-electron chi connectivity index (χ3n) is 3.26. The first-order valence-electron chi connectivity index (χ1n) is 6.72. The van der Waals surface area contributed by atoms with Gasteiger partial charge in [0.2, 0.25) is 5.91 Å². The lowest BCUT2D eigenvalue weighted by Crippen LogP contribution is -2.39. The zero-order valence-corrected chi connectivity index (χ0v) is 11.8. The fourth-order valence-corrected chi connectivity index (χ4v) is 2.08. The molecule has 1 aromatic carbocycles. The van der Waals surface area contributed by atoms with Gasteiger partial charge < -0.3 is 10.0 Å². The van der Waals surface area contributed by atoms with Gasteiger partial charge in [0, 0.05) is 12.5 Å². The van der Waals surface area contributed by atoms with Gasteiger partial charge in [0.1, 0.15) is 12.4 Å². The van der Waals surface area contributed by atoms with Crippen molar-refractivity contribution in [3.8, 4) is 0 Å². The minimum atomic E-state index is -1.05. The molecule has 0 bridgehead atoms. The van der Waals surface area contributed by atoms with Crippen LogP contribution in [0.2, 0.25) is 0 Å². The first kappa shape index (κ1) is 16.1. The second-order valence-corrected chi connectivity index (χ2v) is 4.73. The lowest BCUT2D eigenvalue weighted by Gasteiger charge is -2.25. The lowest BCUT2D eigenvalue weighted by molar-refractivity contribution is -0.147. The summed E-state index contributed by atoms with van der Waals surface area (Å²) in [5.74, 6) is -1.74. The van der Waals surface area contributed by atoms with Crippen LogP contribution in [0.25, 0.3) is 0 Å². The zero-order valence-electron chi connectivity index (χ0n) is 11.8. The van der Waals surface area contributed by atoms with Gasteiger partial charge in [0.25, 0.3) is 0 Å². The van der Waals surface area contributed by atoms with Gasteiger partial charge in [0.15, 0.2) is 0 Å². The summed E-state index contributed by atoms with van der Waals surface area (Å²) in [5.41, 5.74) is 0.715. The van der Waals surface area contributed by atoms with E-state index < -0.39 is 5.97 Å². The molecule has 1 N–H and O–H groups in total.